The van der Waals surface area contributed by atoms with Crippen molar-refractivity contribution in [2.45, 2.75) is 43.9 Å². The van der Waals surface area contributed by atoms with E-state index in [-0.39, 0.29) is 12.5 Å². The molecule has 10 heteroatoms. The van der Waals surface area contributed by atoms with Crippen molar-refractivity contribution in [3.63, 3.8) is 0 Å². The number of aromatic nitrogens is 3. The summed E-state index contributed by atoms with van der Waals surface area (Å²) in [6.07, 6.45) is 6.04. The summed E-state index contributed by atoms with van der Waals surface area (Å²) in [5.74, 6) is -0.241. The SMILES string of the molecule is O=C([C@H](Cc1ccccc1)N(Cc1ccc(-c2cncnc2)cc1)C(=O)/C=C\c1ccc(C(F)(F)F)nc1)N1CCC(c2ccccc2)CC1. The quantitative estimate of drug-likeness (QED) is 0.142. The van der Waals surface area contributed by atoms with Gasteiger partial charge in [0.1, 0.15) is 18.1 Å². The number of hydrogen-bond donors (Lipinski definition) is 0. The van der Waals surface area contributed by atoms with Gasteiger partial charge in [0.05, 0.1) is 0 Å². The Morgan fingerprint density at radius 3 is 2.08 bits per heavy atom. The maximum atomic E-state index is 14.5. The third kappa shape index (κ3) is 8.68. The van der Waals surface area contributed by atoms with Gasteiger partial charge >= 0.3 is 6.18 Å². The number of benzene rings is 3. The Kier molecular flexibility index (Phi) is 10.8. The molecule has 2 aromatic heterocycles. The fraction of sp³-hybridized carbons (Fsp3) is 0.225. The van der Waals surface area contributed by atoms with E-state index >= 15 is 0 Å². The minimum atomic E-state index is -4.57. The van der Waals surface area contributed by atoms with Crippen LogP contribution >= 0.6 is 0 Å². The summed E-state index contributed by atoms with van der Waals surface area (Å²) in [7, 11) is 0. The number of carbonyl (C=O) groups is 2. The molecule has 2 amide bonds. The molecule has 0 N–H and O–H groups in total. The minimum absolute atomic E-state index is 0.129. The third-order valence-electron chi connectivity index (χ3n) is 8.99. The van der Waals surface area contributed by atoms with E-state index in [1.807, 2.05) is 77.7 Å². The van der Waals surface area contributed by atoms with Crippen molar-refractivity contribution in [3.05, 3.63) is 156 Å². The highest BCUT2D eigenvalue weighted by Crippen LogP contribution is 2.30. The molecule has 7 nitrogen and oxygen atoms in total. The molecule has 50 heavy (non-hydrogen) atoms. The van der Waals surface area contributed by atoms with Crippen LogP contribution in [-0.4, -0.2) is 55.7 Å². The monoisotopic (exact) mass is 675 g/mol. The molecular weight excluding hydrogens is 639 g/mol. The molecule has 1 atom stereocenters. The predicted octanol–water partition coefficient (Wildman–Crippen LogP) is 7.62. The molecule has 0 spiro atoms. The van der Waals surface area contributed by atoms with E-state index in [1.165, 1.54) is 30.1 Å². The first-order valence-electron chi connectivity index (χ1n) is 16.5. The Morgan fingerprint density at radius 2 is 1.46 bits per heavy atom. The lowest BCUT2D eigenvalue weighted by Crippen LogP contribution is -2.53. The number of hydrogen-bond acceptors (Lipinski definition) is 5. The molecule has 0 saturated carbocycles. The summed E-state index contributed by atoms with van der Waals surface area (Å²) in [5.41, 5.74) is 4.02. The number of likely N-dealkylation sites (tertiary alicyclic amines) is 1. The van der Waals surface area contributed by atoms with Crippen LogP contribution in [0.3, 0.4) is 0 Å². The maximum absolute atomic E-state index is 14.5. The van der Waals surface area contributed by atoms with Gasteiger partial charge in [-0.05, 0) is 58.7 Å². The number of alkyl halides is 3. The number of nitrogens with zero attached hydrogens (tertiary/aromatic N) is 5. The molecule has 0 radical (unpaired) electrons. The summed E-state index contributed by atoms with van der Waals surface area (Å²) >= 11 is 0. The Balaban J connectivity index is 1.30. The van der Waals surface area contributed by atoms with Crippen molar-refractivity contribution in [2.75, 3.05) is 13.1 Å². The molecular formula is C40H36F3N5O2. The van der Waals surface area contributed by atoms with Gasteiger partial charge in [0.15, 0.2) is 0 Å². The van der Waals surface area contributed by atoms with Gasteiger partial charge in [-0.2, -0.15) is 13.2 Å². The number of rotatable bonds is 10. The van der Waals surface area contributed by atoms with E-state index in [0.717, 1.165) is 47.4 Å². The van der Waals surface area contributed by atoms with Crippen molar-refractivity contribution in [2.24, 2.45) is 0 Å². The smallest absolute Gasteiger partial charge is 0.341 e. The van der Waals surface area contributed by atoms with E-state index in [2.05, 4.69) is 27.1 Å². The molecule has 254 valence electrons. The highest BCUT2D eigenvalue weighted by Gasteiger charge is 2.35. The molecule has 0 bridgehead atoms. The molecule has 0 unspecified atom stereocenters. The molecule has 3 heterocycles. The van der Waals surface area contributed by atoms with Gasteiger partial charge < -0.3 is 9.80 Å². The fourth-order valence-electron chi connectivity index (χ4n) is 6.26. The van der Waals surface area contributed by atoms with Crippen LogP contribution in [0.1, 0.15) is 46.7 Å². The lowest BCUT2D eigenvalue weighted by molar-refractivity contribution is -0.145. The molecule has 1 saturated heterocycles. The van der Waals surface area contributed by atoms with Gasteiger partial charge in [-0.3, -0.25) is 14.6 Å². The molecule has 6 rings (SSSR count). The van der Waals surface area contributed by atoms with Gasteiger partial charge in [0.2, 0.25) is 11.8 Å². The molecule has 0 aliphatic carbocycles. The van der Waals surface area contributed by atoms with Crippen molar-refractivity contribution < 1.29 is 22.8 Å². The molecule has 1 aliphatic rings. The fourth-order valence-corrected chi connectivity index (χ4v) is 6.26. The largest absolute Gasteiger partial charge is 0.433 e. The van der Waals surface area contributed by atoms with Crippen molar-refractivity contribution in [3.8, 4) is 11.1 Å². The van der Waals surface area contributed by atoms with Crippen LogP contribution in [0.15, 0.2) is 128 Å². The van der Waals surface area contributed by atoms with Gasteiger partial charge in [0.25, 0.3) is 0 Å². The number of pyridine rings is 1. The van der Waals surface area contributed by atoms with Gasteiger partial charge in [-0.25, -0.2) is 9.97 Å². The molecule has 1 fully saturated rings. The van der Waals surface area contributed by atoms with Crippen LogP contribution in [-0.2, 0) is 28.7 Å². The van der Waals surface area contributed by atoms with Gasteiger partial charge in [-0.1, -0.05) is 91.0 Å². The first-order chi connectivity index (χ1) is 24.2. The summed E-state index contributed by atoms with van der Waals surface area (Å²) in [4.78, 5) is 43.8. The van der Waals surface area contributed by atoms with Crippen LogP contribution < -0.4 is 0 Å². The second-order valence-corrected chi connectivity index (χ2v) is 12.3. The molecule has 5 aromatic rings. The first-order valence-corrected chi connectivity index (χ1v) is 16.5. The van der Waals surface area contributed by atoms with E-state index < -0.39 is 23.8 Å². The highest BCUT2D eigenvalue weighted by molar-refractivity contribution is 5.95. The number of amides is 2. The third-order valence-corrected chi connectivity index (χ3v) is 8.99. The lowest BCUT2D eigenvalue weighted by Gasteiger charge is -2.38. The second-order valence-electron chi connectivity index (χ2n) is 12.3. The summed E-state index contributed by atoms with van der Waals surface area (Å²) in [5, 5.41) is 0. The molecule has 3 aromatic carbocycles. The average Bonchev–Trinajstić information content (AvgIpc) is 3.16. The maximum Gasteiger partial charge on any atom is 0.433 e. The van der Waals surface area contributed by atoms with Crippen molar-refractivity contribution in [1.29, 1.82) is 0 Å². The van der Waals surface area contributed by atoms with Crippen LogP contribution in [0.4, 0.5) is 13.2 Å². The van der Waals surface area contributed by atoms with Crippen molar-refractivity contribution in [1.82, 2.24) is 24.8 Å². The zero-order valence-electron chi connectivity index (χ0n) is 27.3. The van der Waals surface area contributed by atoms with Crippen LogP contribution in [0, 0.1) is 0 Å². The number of carbonyl (C=O) groups excluding carboxylic acids is 2. The average molecular weight is 676 g/mol. The van der Waals surface area contributed by atoms with Crippen LogP contribution in [0.25, 0.3) is 17.2 Å². The Morgan fingerprint density at radius 1 is 0.800 bits per heavy atom. The highest BCUT2D eigenvalue weighted by atomic mass is 19.4. The standard InChI is InChI=1S/C40H36F3N5O2/c41-40(42,43)37-17-13-30(24-46-37)14-18-38(49)48(27-31-11-15-33(16-12-31)35-25-44-28-45-26-35)36(23-29-7-3-1-4-8-29)39(50)47-21-19-34(20-22-47)32-9-5-2-6-10-32/h1-18,24-26,28,34,36H,19-23,27H2/b18-14-/t36-/m0/s1. The summed E-state index contributed by atoms with van der Waals surface area (Å²) in [6, 6.07) is 28.8. The number of halogens is 3. The van der Waals surface area contributed by atoms with Gasteiger partial charge in [0, 0.05) is 56.3 Å². The van der Waals surface area contributed by atoms with E-state index in [9.17, 15) is 22.8 Å². The summed E-state index contributed by atoms with van der Waals surface area (Å²) in [6.45, 7) is 1.25. The molecule has 1 aliphatic heterocycles. The van der Waals surface area contributed by atoms with Gasteiger partial charge in [-0.15, -0.1) is 0 Å². The van der Waals surface area contributed by atoms with Crippen LogP contribution in [0.5, 0.6) is 0 Å². The van der Waals surface area contributed by atoms with Crippen LogP contribution in [0.2, 0.25) is 0 Å². The zero-order valence-corrected chi connectivity index (χ0v) is 27.3. The Bertz CT molecular complexity index is 1880. The van der Waals surface area contributed by atoms with E-state index in [4.69, 9.17) is 0 Å². The lowest BCUT2D eigenvalue weighted by atomic mass is 9.89. The Labute approximate surface area is 289 Å². The summed E-state index contributed by atoms with van der Waals surface area (Å²) < 4.78 is 39.3. The Hall–Kier alpha value is -5.64. The van der Waals surface area contributed by atoms with E-state index in [1.54, 1.807) is 17.3 Å². The predicted molar refractivity (Wildman–Crippen MR) is 185 cm³/mol. The topological polar surface area (TPSA) is 79.3 Å². The zero-order chi connectivity index (χ0) is 34.9. The minimum Gasteiger partial charge on any atom is -0.341 e. The van der Waals surface area contributed by atoms with Crippen molar-refractivity contribution >= 4 is 17.9 Å². The number of piperidine rings is 1. The normalized spacial score (nSPS) is 14.4. The van der Waals surface area contributed by atoms with E-state index in [0.29, 0.717) is 31.0 Å². The first kappa shape index (κ1) is 34.2. The second kappa shape index (κ2) is 15.7.